The summed E-state index contributed by atoms with van der Waals surface area (Å²) in [6.45, 7) is 4.27. The number of para-hydroxylation sites is 1. The van der Waals surface area contributed by atoms with Gasteiger partial charge in [0.1, 0.15) is 5.58 Å². The molecule has 1 saturated heterocycles. The largest absolute Gasteiger partial charge is 0.457 e. The van der Waals surface area contributed by atoms with Crippen molar-refractivity contribution in [2.24, 2.45) is 5.92 Å². The van der Waals surface area contributed by atoms with Gasteiger partial charge in [-0.25, -0.2) is 0 Å². The van der Waals surface area contributed by atoms with Crippen LogP contribution in [0.5, 0.6) is 0 Å². The van der Waals surface area contributed by atoms with Crippen molar-refractivity contribution in [2.45, 2.75) is 25.8 Å². The van der Waals surface area contributed by atoms with Gasteiger partial charge in [0.25, 0.3) is 5.91 Å². The highest BCUT2D eigenvalue weighted by atomic mass is 32.1. The highest BCUT2D eigenvalue weighted by Crippen LogP contribution is 2.41. The summed E-state index contributed by atoms with van der Waals surface area (Å²) in [4.78, 5) is 20.5. The molecule has 1 atom stereocenters. The van der Waals surface area contributed by atoms with Gasteiger partial charge in [0.05, 0.1) is 16.6 Å². The lowest BCUT2D eigenvalue weighted by molar-refractivity contribution is 0.102. The topological polar surface area (TPSA) is 58.4 Å². The minimum absolute atomic E-state index is 0.104. The first kappa shape index (κ1) is 20.0. The van der Waals surface area contributed by atoms with Gasteiger partial charge in [-0.05, 0) is 67.1 Å². The summed E-state index contributed by atoms with van der Waals surface area (Å²) in [6.07, 6.45) is 5.99. The number of thiophene rings is 1. The van der Waals surface area contributed by atoms with Crippen LogP contribution in [0.25, 0.3) is 11.0 Å². The molecular formula is C25H25N3O2S. The predicted octanol–water partition coefficient (Wildman–Crippen LogP) is 5.96. The lowest BCUT2D eigenvalue weighted by Gasteiger charge is -2.36. The van der Waals surface area contributed by atoms with E-state index in [-0.39, 0.29) is 11.9 Å². The van der Waals surface area contributed by atoms with E-state index in [9.17, 15) is 4.79 Å². The number of pyridine rings is 1. The Morgan fingerprint density at radius 1 is 1.16 bits per heavy atom. The Kier molecular flexibility index (Phi) is 5.57. The number of carbonyl (C=O) groups excluding carboxylic acids is 1. The third-order valence-electron chi connectivity index (χ3n) is 6.04. The molecule has 0 unspecified atom stereocenters. The van der Waals surface area contributed by atoms with Crippen molar-refractivity contribution in [2.75, 3.05) is 18.4 Å². The Morgan fingerprint density at radius 3 is 2.74 bits per heavy atom. The molecule has 4 aromatic rings. The second-order valence-corrected chi connectivity index (χ2v) is 9.12. The average molecular weight is 432 g/mol. The van der Waals surface area contributed by atoms with Gasteiger partial charge < -0.3 is 9.73 Å². The normalized spacial score (nSPS) is 16.4. The van der Waals surface area contributed by atoms with Crippen molar-refractivity contribution in [1.82, 2.24) is 9.88 Å². The molecular weight excluding hydrogens is 406 g/mol. The Bertz CT molecular complexity index is 1160. The zero-order valence-electron chi connectivity index (χ0n) is 17.5. The SMILES string of the molecule is CC1CCN([C@@H](c2cccnc2)c2oc3ccccc3c2NC(=O)c2cccs2)CC1. The average Bonchev–Trinajstić information content (AvgIpc) is 3.45. The molecule has 6 heteroatoms. The Balaban J connectivity index is 1.62. The number of amides is 1. The van der Waals surface area contributed by atoms with Crippen LogP contribution >= 0.6 is 11.3 Å². The number of hydrogen-bond donors (Lipinski definition) is 1. The number of carbonyl (C=O) groups is 1. The zero-order valence-corrected chi connectivity index (χ0v) is 18.3. The number of fused-ring (bicyclic) bond motifs is 1. The van der Waals surface area contributed by atoms with E-state index in [0.29, 0.717) is 4.88 Å². The van der Waals surface area contributed by atoms with Crippen LogP contribution in [0.15, 0.2) is 70.7 Å². The van der Waals surface area contributed by atoms with Crippen LogP contribution in [0.4, 0.5) is 5.69 Å². The molecule has 3 aromatic heterocycles. The fraction of sp³-hybridized carbons (Fsp3) is 0.280. The van der Waals surface area contributed by atoms with Crippen molar-refractivity contribution in [3.05, 3.63) is 82.5 Å². The lowest BCUT2D eigenvalue weighted by atomic mass is 9.94. The fourth-order valence-corrected chi connectivity index (χ4v) is 4.94. The number of nitrogens with zero attached hydrogens (tertiary/aromatic N) is 2. The van der Waals surface area contributed by atoms with E-state index in [1.54, 1.807) is 6.20 Å². The van der Waals surface area contributed by atoms with E-state index < -0.39 is 0 Å². The third kappa shape index (κ3) is 4.01. The number of likely N-dealkylation sites (tertiary alicyclic amines) is 1. The molecule has 1 amide bonds. The lowest BCUT2D eigenvalue weighted by Crippen LogP contribution is -2.37. The summed E-state index contributed by atoms with van der Waals surface area (Å²) < 4.78 is 6.43. The van der Waals surface area contributed by atoms with E-state index in [4.69, 9.17) is 4.42 Å². The minimum atomic E-state index is -0.111. The summed E-state index contributed by atoms with van der Waals surface area (Å²) >= 11 is 1.43. The number of furan rings is 1. The van der Waals surface area contributed by atoms with Crippen LogP contribution in [0.1, 0.15) is 46.8 Å². The molecule has 31 heavy (non-hydrogen) atoms. The smallest absolute Gasteiger partial charge is 0.265 e. The predicted molar refractivity (Wildman–Crippen MR) is 125 cm³/mol. The van der Waals surface area contributed by atoms with Crippen molar-refractivity contribution in [1.29, 1.82) is 0 Å². The maximum absolute atomic E-state index is 13.0. The number of aromatic nitrogens is 1. The quantitative estimate of drug-likeness (QED) is 0.423. The first-order valence-corrected chi connectivity index (χ1v) is 11.6. The van der Waals surface area contributed by atoms with Gasteiger partial charge in [-0.15, -0.1) is 11.3 Å². The molecule has 4 heterocycles. The number of benzene rings is 1. The number of rotatable bonds is 5. The molecule has 0 spiro atoms. The number of hydrogen-bond acceptors (Lipinski definition) is 5. The summed E-state index contributed by atoms with van der Waals surface area (Å²) in [7, 11) is 0. The van der Waals surface area contributed by atoms with E-state index in [0.717, 1.165) is 59.8 Å². The Hall–Kier alpha value is -2.96. The number of piperidine rings is 1. The second-order valence-electron chi connectivity index (χ2n) is 8.18. The van der Waals surface area contributed by atoms with E-state index in [2.05, 4.69) is 28.2 Å². The molecule has 1 fully saturated rings. The van der Waals surface area contributed by atoms with Gasteiger partial charge >= 0.3 is 0 Å². The van der Waals surface area contributed by atoms with Crippen molar-refractivity contribution in [3.8, 4) is 0 Å². The van der Waals surface area contributed by atoms with Gasteiger partial charge in [-0.3, -0.25) is 14.7 Å². The van der Waals surface area contributed by atoms with Crippen molar-refractivity contribution < 1.29 is 9.21 Å². The molecule has 0 bridgehead atoms. The molecule has 1 aliphatic rings. The summed E-state index contributed by atoms with van der Waals surface area (Å²) in [5, 5.41) is 6.00. The van der Waals surface area contributed by atoms with Crippen LogP contribution < -0.4 is 5.32 Å². The molecule has 5 rings (SSSR count). The number of anilines is 1. The van der Waals surface area contributed by atoms with Crippen LogP contribution in [0, 0.1) is 5.92 Å². The molecule has 1 aliphatic heterocycles. The Labute approximate surface area is 185 Å². The van der Waals surface area contributed by atoms with Gasteiger partial charge in [0.15, 0.2) is 5.76 Å². The fourth-order valence-electron chi connectivity index (χ4n) is 4.32. The first-order valence-electron chi connectivity index (χ1n) is 10.7. The molecule has 1 N–H and O–H groups in total. The molecule has 0 saturated carbocycles. The van der Waals surface area contributed by atoms with Crippen LogP contribution in [0.3, 0.4) is 0 Å². The molecule has 0 radical (unpaired) electrons. The number of nitrogens with one attached hydrogen (secondary N) is 1. The molecule has 158 valence electrons. The van der Waals surface area contributed by atoms with Gasteiger partial charge in [-0.2, -0.15) is 0 Å². The summed E-state index contributed by atoms with van der Waals surface area (Å²) in [6, 6.07) is 15.6. The van der Waals surface area contributed by atoms with E-state index in [1.807, 2.05) is 54.0 Å². The van der Waals surface area contributed by atoms with Gasteiger partial charge in [-0.1, -0.05) is 31.2 Å². The standard InChI is InChI=1S/C25H25N3O2S/c1-17-10-13-28(14-11-17)23(18-6-4-12-26-16-18)24-22(19-7-2-3-8-20(19)30-24)27-25(29)21-9-5-15-31-21/h2-9,12,15-17,23H,10-11,13-14H2,1H3,(H,27,29)/t23-/m0/s1. The molecule has 1 aromatic carbocycles. The zero-order chi connectivity index (χ0) is 21.2. The maximum Gasteiger partial charge on any atom is 0.265 e. The van der Waals surface area contributed by atoms with E-state index in [1.165, 1.54) is 11.3 Å². The van der Waals surface area contributed by atoms with Gasteiger partial charge in [0, 0.05) is 17.8 Å². The van der Waals surface area contributed by atoms with Crippen molar-refractivity contribution >= 4 is 33.9 Å². The highest BCUT2D eigenvalue weighted by Gasteiger charge is 2.32. The third-order valence-corrected chi connectivity index (χ3v) is 6.91. The Morgan fingerprint density at radius 2 is 2.00 bits per heavy atom. The summed E-state index contributed by atoms with van der Waals surface area (Å²) in [5.74, 6) is 1.38. The van der Waals surface area contributed by atoms with Crippen molar-refractivity contribution in [3.63, 3.8) is 0 Å². The maximum atomic E-state index is 13.0. The monoisotopic (exact) mass is 431 g/mol. The van der Waals surface area contributed by atoms with Gasteiger partial charge in [0.2, 0.25) is 0 Å². The highest BCUT2D eigenvalue weighted by molar-refractivity contribution is 7.12. The van der Waals surface area contributed by atoms with E-state index >= 15 is 0 Å². The van der Waals surface area contributed by atoms with Crippen LogP contribution in [-0.4, -0.2) is 28.9 Å². The molecule has 5 nitrogen and oxygen atoms in total. The van der Waals surface area contributed by atoms with Crippen LogP contribution in [-0.2, 0) is 0 Å². The summed E-state index contributed by atoms with van der Waals surface area (Å²) in [5.41, 5.74) is 2.60. The second kappa shape index (κ2) is 8.65. The molecule has 0 aliphatic carbocycles. The first-order chi connectivity index (χ1) is 15.2. The minimum Gasteiger partial charge on any atom is -0.457 e. The van der Waals surface area contributed by atoms with Crippen LogP contribution in [0.2, 0.25) is 0 Å².